The van der Waals surface area contributed by atoms with Crippen LogP contribution in [0.15, 0.2) is 53.6 Å². The van der Waals surface area contributed by atoms with Gasteiger partial charge in [-0.25, -0.2) is 4.68 Å². The van der Waals surface area contributed by atoms with Gasteiger partial charge >= 0.3 is 0 Å². The number of para-hydroxylation sites is 1. The first kappa shape index (κ1) is 16.8. The largest absolute Gasteiger partial charge is 0.319 e. The predicted octanol–water partition coefficient (Wildman–Crippen LogP) is 4.55. The smallest absolute Gasteiger partial charge is 0.279 e. The zero-order valence-electron chi connectivity index (χ0n) is 12.5. The van der Waals surface area contributed by atoms with Gasteiger partial charge in [-0.1, -0.05) is 46.6 Å². The molecular weight excluding hydrogens is 367 g/mol. The van der Waals surface area contributed by atoms with Gasteiger partial charge in [0.2, 0.25) is 0 Å². The first-order valence-corrected chi connectivity index (χ1v) is 8.89. The van der Waals surface area contributed by atoms with Gasteiger partial charge in [0.05, 0.1) is 16.4 Å². The van der Waals surface area contributed by atoms with E-state index in [-0.39, 0.29) is 5.69 Å². The normalized spacial score (nSPS) is 10.6. The number of hydrogen-bond acceptors (Lipinski definition) is 4. The van der Waals surface area contributed by atoms with Gasteiger partial charge in [0.1, 0.15) is 5.03 Å². The summed E-state index contributed by atoms with van der Waals surface area (Å²) in [6.07, 6.45) is 1.86. The standard InChI is InChI=1S/C16H12Cl2N4OS/c1-24-16-14(20-21-22(16)11-5-3-2-4-6-11)15(23)19-13-9-10(17)7-8-12(13)18/h2-9H,1H3,(H,19,23). The number of thioether (sulfide) groups is 1. The minimum Gasteiger partial charge on any atom is -0.319 e. The molecule has 1 heterocycles. The second-order valence-corrected chi connectivity index (χ2v) is 6.41. The predicted molar refractivity (Wildman–Crippen MR) is 97.6 cm³/mol. The van der Waals surface area contributed by atoms with Gasteiger partial charge < -0.3 is 5.32 Å². The summed E-state index contributed by atoms with van der Waals surface area (Å²) >= 11 is 13.4. The molecule has 0 aliphatic heterocycles. The summed E-state index contributed by atoms with van der Waals surface area (Å²) < 4.78 is 1.62. The maximum atomic E-state index is 12.6. The Kier molecular flexibility index (Phi) is 5.08. The number of nitrogens with one attached hydrogen (secondary N) is 1. The van der Waals surface area contributed by atoms with Crippen molar-refractivity contribution >= 4 is 46.6 Å². The number of rotatable bonds is 4. The Balaban J connectivity index is 1.93. The number of halogens is 2. The highest BCUT2D eigenvalue weighted by Gasteiger charge is 2.21. The molecule has 1 N–H and O–H groups in total. The molecule has 0 spiro atoms. The van der Waals surface area contributed by atoms with Crippen LogP contribution in [0, 0.1) is 0 Å². The highest BCUT2D eigenvalue weighted by molar-refractivity contribution is 7.98. The van der Waals surface area contributed by atoms with Crippen LogP contribution in [0.3, 0.4) is 0 Å². The Morgan fingerprint density at radius 3 is 2.62 bits per heavy atom. The maximum absolute atomic E-state index is 12.6. The average molecular weight is 379 g/mol. The highest BCUT2D eigenvalue weighted by Crippen LogP contribution is 2.27. The van der Waals surface area contributed by atoms with Crippen LogP contribution < -0.4 is 5.32 Å². The van der Waals surface area contributed by atoms with Gasteiger partial charge in [-0.05, 0) is 36.6 Å². The first-order chi connectivity index (χ1) is 11.6. The van der Waals surface area contributed by atoms with Crippen LogP contribution in [-0.2, 0) is 0 Å². The first-order valence-electron chi connectivity index (χ1n) is 6.91. The monoisotopic (exact) mass is 378 g/mol. The maximum Gasteiger partial charge on any atom is 0.279 e. The molecule has 3 rings (SSSR count). The molecule has 2 aromatic carbocycles. The molecule has 8 heteroatoms. The lowest BCUT2D eigenvalue weighted by Gasteiger charge is -2.08. The van der Waals surface area contributed by atoms with E-state index in [4.69, 9.17) is 23.2 Å². The van der Waals surface area contributed by atoms with Crippen molar-refractivity contribution in [3.63, 3.8) is 0 Å². The summed E-state index contributed by atoms with van der Waals surface area (Å²) in [6.45, 7) is 0. The molecule has 0 radical (unpaired) electrons. The molecule has 0 atom stereocenters. The summed E-state index contributed by atoms with van der Waals surface area (Å²) in [5.74, 6) is -0.398. The number of anilines is 1. The quantitative estimate of drug-likeness (QED) is 0.676. The molecule has 0 aliphatic rings. The van der Waals surface area contributed by atoms with E-state index in [9.17, 15) is 4.79 Å². The fourth-order valence-corrected chi connectivity index (χ4v) is 3.09. The number of amides is 1. The molecule has 0 bridgehead atoms. The van der Waals surface area contributed by atoms with Crippen molar-refractivity contribution in [3.8, 4) is 5.69 Å². The van der Waals surface area contributed by atoms with E-state index in [1.807, 2.05) is 36.6 Å². The molecule has 0 unspecified atom stereocenters. The Labute approximate surface area is 153 Å². The van der Waals surface area contributed by atoms with Gasteiger partial charge in [0.25, 0.3) is 5.91 Å². The molecule has 0 fully saturated rings. The molecule has 0 saturated heterocycles. The van der Waals surface area contributed by atoms with Crippen LogP contribution >= 0.6 is 35.0 Å². The number of aromatic nitrogens is 3. The third-order valence-electron chi connectivity index (χ3n) is 3.21. The summed E-state index contributed by atoms with van der Waals surface area (Å²) in [6, 6.07) is 14.3. The van der Waals surface area contributed by atoms with E-state index in [1.165, 1.54) is 11.8 Å². The molecule has 3 aromatic rings. The third-order valence-corrected chi connectivity index (χ3v) is 4.53. The lowest BCUT2D eigenvalue weighted by atomic mass is 10.3. The van der Waals surface area contributed by atoms with Gasteiger partial charge in [0.15, 0.2) is 5.69 Å². The van der Waals surface area contributed by atoms with Crippen molar-refractivity contribution in [2.75, 3.05) is 11.6 Å². The Hall–Kier alpha value is -2.02. The topological polar surface area (TPSA) is 59.8 Å². The van der Waals surface area contributed by atoms with E-state index < -0.39 is 5.91 Å². The lowest BCUT2D eigenvalue weighted by molar-refractivity contribution is 0.101. The number of benzene rings is 2. The summed E-state index contributed by atoms with van der Waals surface area (Å²) in [5.41, 5.74) is 1.48. The second kappa shape index (κ2) is 7.25. The Morgan fingerprint density at radius 2 is 1.92 bits per heavy atom. The van der Waals surface area contributed by atoms with Crippen LogP contribution in [0.1, 0.15) is 10.5 Å². The number of nitrogens with zero attached hydrogens (tertiary/aromatic N) is 3. The van der Waals surface area contributed by atoms with Crippen LogP contribution in [0.25, 0.3) is 5.69 Å². The summed E-state index contributed by atoms with van der Waals surface area (Å²) in [4.78, 5) is 12.6. The third kappa shape index (κ3) is 3.40. The summed E-state index contributed by atoms with van der Waals surface area (Å²) in [7, 11) is 0. The van der Waals surface area contributed by atoms with Crippen molar-refractivity contribution in [2.24, 2.45) is 0 Å². The molecule has 0 saturated carbocycles. The van der Waals surface area contributed by atoms with Gasteiger partial charge in [-0.3, -0.25) is 4.79 Å². The molecule has 1 aromatic heterocycles. The molecular formula is C16H12Cl2N4OS. The van der Waals surface area contributed by atoms with Crippen molar-refractivity contribution in [2.45, 2.75) is 5.03 Å². The lowest BCUT2D eigenvalue weighted by Crippen LogP contribution is -2.14. The van der Waals surface area contributed by atoms with E-state index in [1.54, 1.807) is 22.9 Å². The minimum absolute atomic E-state index is 0.224. The van der Waals surface area contributed by atoms with Crippen LogP contribution in [0.5, 0.6) is 0 Å². The van der Waals surface area contributed by atoms with Gasteiger partial charge in [-0.15, -0.1) is 16.9 Å². The molecule has 0 aliphatic carbocycles. The average Bonchev–Trinajstić information content (AvgIpc) is 3.03. The Morgan fingerprint density at radius 1 is 1.17 bits per heavy atom. The number of carbonyl (C=O) groups is 1. The van der Waals surface area contributed by atoms with E-state index in [0.29, 0.717) is 20.8 Å². The molecule has 5 nitrogen and oxygen atoms in total. The highest BCUT2D eigenvalue weighted by atomic mass is 35.5. The molecule has 1 amide bonds. The molecule has 122 valence electrons. The van der Waals surface area contributed by atoms with Crippen molar-refractivity contribution in [1.82, 2.24) is 15.0 Å². The van der Waals surface area contributed by atoms with E-state index >= 15 is 0 Å². The molecule has 24 heavy (non-hydrogen) atoms. The van der Waals surface area contributed by atoms with Crippen LogP contribution in [0.2, 0.25) is 10.0 Å². The zero-order valence-corrected chi connectivity index (χ0v) is 14.9. The Bertz CT molecular complexity index is 883. The van der Waals surface area contributed by atoms with Crippen LogP contribution in [0.4, 0.5) is 5.69 Å². The minimum atomic E-state index is -0.398. The van der Waals surface area contributed by atoms with Crippen molar-refractivity contribution < 1.29 is 4.79 Å². The second-order valence-electron chi connectivity index (χ2n) is 4.77. The van der Waals surface area contributed by atoms with Crippen molar-refractivity contribution in [3.05, 3.63) is 64.3 Å². The van der Waals surface area contributed by atoms with Crippen molar-refractivity contribution in [1.29, 1.82) is 0 Å². The zero-order chi connectivity index (χ0) is 17.1. The van der Waals surface area contributed by atoms with E-state index in [0.717, 1.165) is 5.69 Å². The van der Waals surface area contributed by atoms with E-state index in [2.05, 4.69) is 15.6 Å². The number of carbonyl (C=O) groups excluding carboxylic acids is 1. The summed E-state index contributed by atoms with van der Waals surface area (Å²) in [5, 5.41) is 12.3. The van der Waals surface area contributed by atoms with Crippen LogP contribution in [-0.4, -0.2) is 27.2 Å². The fourth-order valence-electron chi connectivity index (χ4n) is 2.11. The SMILES string of the molecule is CSc1c(C(=O)Nc2cc(Cl)ccc2Cl)nnn1-c1ccccc1. The number of hydrogen-bond donors (Lipinski definition) is 1. The fraction of sp³-hybridized carbons (Fsp3) is 0.0625. The van der Waals surface area contributed by atoms with Gasteiger partial charge in [-0.2, -0.15) is 0 Å². The van der Waals surface area contributed by atoms with Gasteiger partial charge in [0, 0.05) is 5.02 Å².